The van der Waals surface area contributed by atoms with Crippen molar-refractivity contribution in [3.05, 3.63) is 0 Å². The van der Waals surface area contributed by atoms with Gasteiger partial charge in [-0.1, -0.05) is 0 Å². The van der Waals surface area contributed by atoms with Gasteiger partial charge in [0.25, 0.3) is 0 Å². The molecule has 0 unspecified atom stereocenters. The predicted molar refractivity (Wildman–Crippen MR) is 46.9 cm³/mol. The van der Waals surface area contributed by atoms with E-state index >= 15 is 0 Å². The van der Waals surface area contributed by atoms with Crippen LogP contribution >= 0.6 is 11.6 Å². The highest BCUT2D eigenvalue weighted by atomic mass is 35.5. The fourth-order valence-electron chi connectivity index (χ4n) is 1.41. The first-order valence-electron chi connectivity index (χ1n) is 4.04. The van der Waals surface area contributed by atoms with Crippen molar-refractivity contribution in [1.29, 1.82) is 0 Å². The predicted octanol–water partition coefficient (Wildman–Crippen LogP) is 0.928. The van der Waals surface area contributed by atoms with Crippen molar-refractivity contribution in [2.75, 3.05) is 25.6 Å². The first-order chi connectivity index (χ1) is 5.13. The summed E-state index contributed by atoms with van der Waals surface area (Å²) in [5.41, 5.74) is 0.00578. The van der Waals surface area contributed by atoms with E-state index in [9.17, 15) is 0 Å². The van der Waals surface area contributed by atoms with E-state index in [1.165, 1.54) is 0 Å². The van der Waals surface area contributed by atoms with Crippen molar-refractivity contribution >= 4 is 11.6 Å². The Balaban J connectivity index is 2.35. The van der Waals surface area contributed by atoms with E-state index in [1.807, 2.05) is 0 Å². The highest BCUT2D eigenvalue weighted by molar-refractivity contribution is 6.18. The van der Waals surface area contributed by atoms with Gasteiger partial charge < -0.3 is 5.11 Å². The van der Waals surface area contributed by atoms with Crippen LogP contribution in [-0.4, -0.2) is 41.6 Å². The molecule has 11 heavy (non-hydrogen) atoms. The summed E-state index contributed by atoms with van der Waals surface area (Å²) in [7, 11) is 0. The first kappa shape index (κ1) is 9.30. The molecule has 1 fully saturated rings. The monoisotopic (exact) mass is 177 g/mol. The van der Waals surface area contributed by atoms with Crippen LogP contribution in [-0.2, 0) is 0 Å². The summed E-state index contributed by atoms with van der Waals surface area (Å²) < 4.78 is 0. The smallest absolute Gasteiger partial charge is 0.0523 e. The number of aliphatic hydroxyl groups excluding tert-OH is 1. The Morgan fingerprint density at radius 1 is 1.55 bits per heavy atom. The zero-order chi connectivity index (χ0) is 8.48. The summed E-state index contributed by atoms with van der Waals surface area (Å²) >= 11 is 5.74. The molecule has 1 aliphatic rings. The molecule has 0 saturated carbocycles. The summed E-state index contributed by atoms with van der Waals surface area (Å²) in [4.78, 5) is 2.32. The minimum absolute atomic E-state index is 0.00578. The summed E-state index contributed by atoms with van der Waals surface area (Å²) in [5, 5.41) is 9.02. The van der Waals surface area contributed by atoms with Gasteiger partial charge in [-0.15, -0.1) is 11.6 Å². The lowest BCUT2D eigenvalue weighted by molar-refractivity contribution is -0.0416. The van der Waals surface area contributed by atoms with Gasteiger partial charge in [-0.25, -0.2) is 0 Å². The van der Waals surface area contributed by atoms with E-state index < -0.39 is 0 Å². The van der Waals surface area contributed by atoms with Gasteiger partial charge in [-0.3, -0.25) is 4.90 Å². The lowest BCUT2D eigenvalue weighted by Gasteiger charge is -2.50. The molecule has 1 rings (SSSR count). The number of nitrogens with zero attached hydrogens (tertiary/aromatic N) is 1. The number of likely N-dealkylation sites (tertiary alicyclic amines) is 1. The molecular formula is C8H16ClNO. The van der Waals surface area contributed by atoms with Crippen molar-refractivity contribution in [1.82, 2.24) is 4.90 Å². The zero-order valence-corrected chi connectivity index (χ0v) is 7.93. The second-order valence-electron chi connectivity index (χ2n) is 3.79. The lowest BCUT2D eigenvalue weighted by Crippen LogP contribution is -2.61. The van der Waals surface area contributed by atoms with E-state index in [0.717, 1.165) is 13.1 Å². The minimum Gasteiger partial charge on any atom is -0.396 e. The van der Waals surface area contributed by atoms with E-state index in [2.05, 4.69) is 18.7 Å². The molecule has 2 nitrogen and oxygen atoms in total. The van der Waals surface area contributed by atoms with Gasteiger partial charge in [0.2, 0.25) is 0 Å². The van der Waals surface area contributed by atoms with Crippen molar-refractivity contribution in [3.8, 4) is 0 Å². The molecular weight excluding hydrogens is 162 g/mol. The quantitative estimate of drug-likeness (QED) is 0.649. The Labute approximate surface area is 73.1 Å². The van der Waals surface area contributed by atoms with Gasteiger partial charge >= 0.3 is 0 Å². The summed E-state index contributed by atoms with van der Waals surface area (Å²) in [6.07, 6.45) is 0. The Bertz CT molecular complexity index is 126. The second-order valence-corrected chi connectivity index (χ2v) is 4.06. The van der Waals surface area contributed by atoms with Crippen LogP contribution < -0.4 is 0 Å². The molecule has 0 aromatic heterocycles. The molecule has 0 aromatic carbocycles. The van der Waals surface area contributed by atoms with Crippen LogP contribution in [0.25, 0.3) is 0 Å². The van der Waals surface area contributed by atoms with Crippen molar-refractivity contribution in [3.63, 3.8) is 0 Å². The normalized spacial score (nSPS) is 23.7. The average Bonchev–Trinajstić information content (AvgIpc) is 1.87. The molecule has 3 heteroatoms. The Morgan fingerprint density at radius 3 is 2.36 bits per heavy atom. The maximum Gasteiger partial charge on any atom is 0.0523 e. The molecule has 0 atom stereocenters. The molecule has 0 aromatic rings. The van der Waals surface area contributed by atoms with Crippen LogP contribution in [0.5, 0.6) is 0 Å². The molecule has 0 amide bonds. The van der Waals surface area contributed by atoms with Crippen LogP contribution in [0.3, 0.4) is 0 Å². The Kier molecular flexibility index (Phi) is 2.79. The van der Waals surface area contributed by atoms with E-state index in [1.54, 1.807) is 0 Å². The van der Waals surface area contributed by atoms with Gasteiger partial charge in [0.05, 0.1) is 6.61 Å². The molecule has 0 bridgehead atoms. The standard InChI is InChI=1S/C8H16ClNO/c1-7(2)10-4-8(3-9,5-10)6-11/h7,11H,3-6H2,1-2H3. The van der Waals surface area contributed by atoms with E-state index in [-0.39, 0.29) is 12.0 Å². The summed E-state index contributed by atoms with van der Waals surface area (Å²) in [5.74, 6) is 0.576. The molecule has 0 spiro atoms. The maximum atomic E-state index is 9.02. The van der Waals surface area contributed by atoms with Crippen molar-refractivity contribution in [2.24, 2.45) is 5.41 Å². The van der Waals surface area contributed by atoms with Gasteiger partial charge in [-0.2, -0.15) is 0 Å². The van der Waals surface area contributed by atoms with Gasteiger partial charge in [-0.05, 0) is 13.8 Å². The molecule has 0 radical (unpaired) electrons. The maximum absolute atomic E-state index is 9.02. The van der Waals surface area contributed by atoms with Crippen LogP contribution in [0.2, 0.25) is 0 Å². The number of alkyl halides is 1. The molecule has 66 valence electrons. The second kappa shape index (κ2) is 3.30. The number of halogens is 1. The molecule has 1 saturated heterocycles. The number of hydrogen-bond donors (Lipinski definition) is 1. The zero-order valence-electron chi connectivity index (χ0n) is 7.18. The van der Waals surface area contributed by atoms with Crippen LogP contribution in [0, 0.1) is 5.41 Å². The van der Waals surface area contributed by atoms with Crippen molar-refractivity contribution in [2.45, 2.75) is 19.9 Å². The number of aliphatic hydroxyl groups is 1. The fraction of sp³-hybridized carbons (Fsp3) is 1.00. The lowest BCUT2D eigenvalue weighted by atomic mass is 9.82. The highest BCUT2D eigenvalue weighted by Gasteiger charge is 2.42. The average molecular weight is 178 g/mol. The number of rotatable bonds is 3. The third-order valence-corrected chi connectivity index (χ3v) is 2.99. The van der Waals surface area contributed by atoms with E-state index in [0.29, 0.717) is 11.9 Å². The molecule has 1 heterocycles. The third kappa shape index (κ3) is 1.68. The Morgan fingerprint density at radius 2 is 2.09 bits per heavy atom. The van der Waals surface area contributed by atoms with Crippen LogP contribution in [0.15, 0.2) is 0 Å². The van der Waals surface area contributed by atoms with Crippen LogP contribution in [0.1, 0.15) is 13.8 Å². The SMILES string of the molecule is CC(C)N1CC(CO)(CCl)C1. The molecule has 1 N–H and O–H groups in total. The van der Waals surface area contributed by atoms with Gasteiger partial charge in [0, 0.05) is 30.4 Å². The van der Waals surface area contributed by atoms with E-state index in [4.69, 9.17) is 16.7 Å². The topological polar surface area (TPSA) is 23.5 Å². The third-order valence-electron chi connectivity index (χ3n) is 2.43. The van der Waals surface area contributed by atoms with Gasteiger partial charge in [0.1, 0.15) is 0 Å². The highest BCUT2D eigenvalue weighted by Crippen LogP contribution is 2.32. The first-order valence-corrected chi connectivity index (χ1v) is 4.58. The largest absolute Gasteiger partial charge is 0.396 e. The Hall–Kier alpha value is 0.210. The van der Waals surface area contributed by atoms with Crippen molar-refractivity contribution < 1.29 is 5.11 Å². The molecule has 0 aliphatic carbocycles. The van der Waals surface area contributed by atoms with Gasteiger partial charge in [0.15, 0.2) is 0 Å². The minimum atomic E-state index is 0.00578. The van der Waals surface area contributed by atoms with Crippen LogP contribution in [0.4, 0.5) is 0 Å². The summed E-state index contributed by atoms with van der Waals surface area (Å²) in [6, 6.07) is 0.581. The summed E-state index contributed by atoms with van der Waals surface area (Å²) in [6.45, 7) is 6.44. The molecule has 1 aliphatic heterocycles. The number of hydrogen-bond acceptors (Lipinski definition) is 2. The fourth-order valence-corrected chi connectivity index (χ4v) is 1.66.